The maximum atomic E-state index is 13.4. The van der Waals surface area contributed by atoms with Crippen LogP contribution in [0.2, 0.25) is 0 Å². The largest absolute Gasteiger partial charge is 0.369 e. The highest BCUT2D eigenvalue weighted by molar-refractivity contribution is 6.02. The van der Waals surface area contributed by atoms with E-state index in [9.17, 15) is 14.4 Å². The molecule has 1 aliphatic heterocycles. The second kappa shape index (κ2) is 12.4. The number of nitrogens with one attached hydrogen (secondary N) is 1. The number of hydrogen-bond acceptors (Lipinski definition) is 4. The van der Waals surface area contributed by atoms with Gasteiger partial charge < -0.3 is 20.0 Å². The molecule has 0 spiro atoms. The zero-order valence-corrected chi connectivity index (χ0v) is 21.4. The molecule has 0 aromatic heterocycles. The monoisotopic (exact) mass is 478 g/mol. The van der Waals surface area contributed by atoms with Crippen LogP contribution in [-0.2, 0) is 9.59 Å². The molecule has 7 heteroatoms. The van der Waals surface area contributed by atoms with Gasteiger partial charge in [-0.1, -0.05) is 37.3 Å². The summed E-state index contributed by atoms with van der Waals surface area (Å²) < 4.78 is 0. The lowest BCUT2D eigenvalue weighted by Crippen LogP contribution is -2.38. The summed E-state index contributed by atoms with van der Waals surface area (Å²) in [6.07, 6.45) is 1.58. The molecule has 1 fully saturated rings. The number of hydrogen-bond donors (Lipinski definition) is 1. The standard InChI is InChI=1S/C28H38N4O3/c1-5-24(22-12-9-8-10-13-22)27(34)32-17-11-16-31(18-19-32)26-15-14-23(29-21(4)33)20-25(26)28(35)30(6-2)7-3/h8-10,12-15,20,24H,5-7,11,16-19H2,1-4H3,(H,29,33). The fourth-order valence-electron chi connectivity index (χ4n) is 4.78. The fraction of sp³-hybridized carbons (Fsp3) is 0.464. The minimum Gasteiger partial charge on any atom is -0.369 e. The van der Waals surface area contributed by atoms with E-state index in [2.05, 4.69) is 17.1 Å². The Morgan fingerprint density at radius 2 is 1.66 bits per heavy atom. The molecule has 3 rings (SSSR count). The molecular weight excluding hydrogens is 440 g/mol. The average molecular weight is 479 g/mol. The van der Waals surface area contributed by atoms with E-state index in [1.807, 2.05) is 61.2 Å². The first kappa shape index (κ1) is 26.3. The summed E-state index contributed by atoms with van der Waals surface area (Å²) in [4.78, 5) is 44.4. The van der Waals surface area contributed by atoms with Crippen molar-refractivity contribution in [3.05, 3.63) is 59.7 Å². The molecule has 1 atom stereocenters. The molecule has 2 aromatic carbocycles. The van der Waals surface area contributed by atoms with Crippen molar-refractivity contribution in [2.45, 2.75) is 46.5 Å². The molecule has 1 heterocycles. The molecule has 1 N–H and O–H groups in total. The fourth-order valence-corrected chi connectivity index (χ4v) is 4.78. The molecule has 35 heavy (non-hydrogen) atoms. The maximum absolute atomic E-state index is 13.4. The first-order valence-corrected chi connectivity index (χ1v) is 12.7. The van der Waals surface area contributed by atoms with Gasteiger partial charge in [-0.3, -0.25) is 14.4 Å². The molecule has 2 aromatic rings. The van der Waals surface area contributed by atoms with Crippen LogP contribution >= 0.6 is 0 Å². The first-order chi connectivity index (χ1) is 16.9. The number of rotatable bonds is 8. The maximum Gasteiger partial charge on any atom is 0.256 e. The smallest absolute Gasteiger partial charge is 0.256 e. The van der Waals surface area contributed by atoms with Crippen molar-refractivity contribution in [1.82, 2.24) is 9.80 Å². The van der Waals surface area contributed by atoms with E-state index >= 15 is 0 Å². The Labute approximate surface area is 209 Å². The molecule has 1 aliphatic rings. The number of carbonyl (C=O) groups excluding carboxylic acids is 3. The predicted molar refractivity (Wildman–Crippen MR) is 141 cm³/mol. The molecule has 0 aliphatic carbocycles. The van der Waals surface area contributed by atoms with Crippen LogP contribution in [0.15, 0.2) is 48.5 Å². The Hall–Kier alpha value is -3.35. The Balaban J connectivity index is 1.83. The Bertz CT molecular complexity index is 1020. The van der Waals surface area contributed by atoms with E-state index in [4.69, 9.17) is 0 Å². The predicted octanol–water partition coefficient (Wildman–Crippen LogP) is 4.36. The number of nitrogens with zero attached hydrogens (tertiary/aromatic N) is 3. The molecule has 0 bridgehead atoms. The van der Waals surface area contributed by atoms with Crippen molar-refractivity contribution < 1.29 is 14.4 Å². The van der Waals surface area contributed by atoms with Crippen molar-refractivity contribution in [1.29, 1.82) is 0 Å². The lowest BCUT2D eigenvalue weighted by molar-refractivity contribution is -0.132. The molecule has 3 amide bonds. The summed E-state index contributed by atoms with van der Waals surface area (Å²) in [6, 6.07) is 15.5. The third-order valence-corrected chi connectivity index (χ3v) is 6.65. The van der Waals surface area contributed by atoms with Crippen LogP contribution in [0.3, 0.4) is 0 Å². The van der Waals surface area contributed by atoms with Gasteiger partial charge in [0.05, 0.1) is 11.5 Å². The summed E-state index contributed by atoms with van der Waals surface area (Å²) in [6.45, 7) is 11.4. The van der Waals surface area contributed by atoms with E-state index in [0.717, 1.165) is 30.6 Å². The average Bonchev–Trinajstić information content (AvgIpc) is 3.12. The lowest BCUT2D eigenvalue weighted by Gasteiger charge is -2.29. The number of benzene rings is 2. The van der Waals surface area contributed by atoms with Crippen molar-refractivity contribution >= 4 is 29.1 Å². The zero-order valence-electron chi connectivity index (χ0n) is 21.4. The second-order valence-electron chi connectivity index (χ2n) is 8.93. The van der Waals surface area contributed by atoms with Crippen LogP contribution in [0, 0.1) is 0 Å². The summed E-state index contributed by atoms with van der Waals surface area (Å²) in [7, 11) is 0. The summed E-state index contributed by atoms with van der Waals surface area (Å²) in [5.41, 5.74) is 3.09. The van der Waals surface area contributed by atoms with Gasteiger partial charge in [0.25, 0.3) is 5.91 Å². The molecule has 1 unspecified atom stereocenters. The van der Waals surface area contributed by atoms with Gasteiger partial charge in [-0.2, -0.15) is 0 Å². The molecule has 0 radical (unpaired) electrons. The Morgan fingerprint density at radius 3 is 2.29 bits per heavy atom. The van der Waals surface area contributed by atoms with Crippen molar-refractivity contribution in [2.75, 3.05) is 49.5 Å². The van der Waals surface area contributed by atoms with Crippen LogP contribution in [0.1, 0.15) is 62.4 Å². The van der Waals surface area contributed by atoms with Crippen LogP contribution in [-0.4, -0.2) is 66.8 Å². The zero-order chi connectivity index (χ0) is 25.4. The van der Waals surface area contributed by atoms with E-state index in [-0.39, 0.29) is 23.6 Å². The van der Waals surface area contributed by atoms with E-state index in [0.29, 0.717) is 44.0 Å². The van der Waals surface area contributed by atoms with Crippen LogP contribution < -0.4 is 10.2 Å². The topological polar surface area (TPSA) is 73.0 Å². The van der Waals surface area contributed by atoms with Crippen molar-refractivity contribution in [2.24, 2.45) is 0 Å². The van der Waals surface area contributed by atoms with E-state index in [1.54, 1.807) is 11.0 Å². The highest BCUT2D eigenvalue weighted by Crippen LogP contribution is 2.28. The molecule has 188 valence electrons. The summed E-state index contributed by atoms with van der Waals surface area (Å²) in [5.74, 6) is -0.197. The van der Waals surface area contributed by atoms with Crippen LogP contribution in [0.4, 0.5) is 11.4 Å². The quantitative estimate of drug-likeness (QED) is 0.612. The van der Waals surface area contributed by atoms with Gasteiger partial charge in [0.15, 0.2) is 0 Å². The lowest BCUT2D eigenvalue weighted by atomic mass is 9.95. The first-order valence-electron chi connectivity index (χ1n) is 12.7. The molecule has 0 saturated carbocycles. The SMILES string of the molecule is CCC(C(=O)N1CCCN(c2ccc(NC(C)=O)cc2C(=O)N(CC)CC)CC1)c1ccccc1. The minimum atomic E-state index is -0.174. The number of amides is 3. The number of carbonyl (C=O) groups is 3. The third kappa shape index (κ3) is 6.41. The highest BCUT2D eigenvalue weighted by atomic mass is 16.2. The Morgan fingerprint density at radius 1 is 0.943 bits per heavy atom. The van der Waals surface area contributed by atoms with Gasteiger partial charge in [0.1, 0.15) is 0 Å². The minimum absolute atomic E-state index is 0.0514. The molecule has 1 saturated heterocycles. The molecule has 7 nitrogen and oxygen atoms in total. The highest BCUT2D eigenvalue weighted by Gasteiger charge is 2.28. The van der Waals surface area contributed by atoms with Crippen LogP contribution in [0.5, 0.6) is 0 Å². The number of anilines is 2. The third-order valence-electron chi connectivity index (χ3n) is 6.65. The summed E-state index contributed by atoms with van der Waals surface area (Å²) >= 11 is 0. The van der Waals surface area contributed by atoms with Gasteiger partial charge in [-0.15, -0.1) is 0 Å². The van der Waals surface area contributed by atoms with Gasteiger partial charge in [-0.25, -0.2) is 0 Å². The van der Waals surface area contributed by atoms with Gasteiger partial charge >= 0.3 is 0 Å². The van der Waals surface area contributed by atoms with Gasteiger partial charge in [-0.05, 0) is 50.5 Å². The van der Waals surface area contributed by atoms with Gasteiger partial charge in [0, 0.05) is 57.6 Å². The molecular formula is C28H38N4O3. The summed E-state index contributed by atoms with van der Waals surface area (Å²) in [5, 5.41) is 2.79. The Kier molecular flexibility index (Phi) is 9.29. The van der Waals surface area contributed by atoms with E-state index in [1.165, 1.54) is 6.92 Å². The second-order valence-corrected chi connectivity index (χ2v) is 8.93. The normalized spacial score (nSPS) is 14.7. The van der Waals surface area contributed by atoms with Crippen LogP contribution in [0.25, 0.3) is 0 Å². The van der Waals surface area contributed by atoms with Crippen molar-refractivity contribution in [3.63, 3.8) is 0 Å². The van der Waals surface area contributed by atoms with E-state index < -0.39 is 0 Å². The van der Waals surface area contributed by atoms with Gasteiger partial charge in [0.2, 0.25) is 11.8 Å². The van der Waals surface area contributed by atoms with Crippen molar-refractivity contribution in [3.8, 4) is 0 Å².